The van der Waals surface area contributed by atoms with Crippen LogP contribution in [-0.4, -0.2) is 52.9 Å². The minimum absolute atomic E-state index is 0.115. The van der Waals surface area contributed by atoms with Crippen LogP contribution in [0.25, 0.3) is 33.3 Å². The molecule has 0 radical (unpaired) electrons. The van der Waals surface area contributed by atoms with E-state index in [-0.39, 0.29) is 19.4 Å². The van der Waals surface area contributed by atoms with Gasteiger partial charge in [-0.3, -0.25) is 0 Å². The Morgan fingerprint density at radius 2 is 1.92 bits per heavy atom. The Hall–Kier alpha value is -3.46. The van der Waals surface area contributed by atoms with Crippen molar-refractivity contribution < 1.29 is 27.8 Å². The highest BCUT2D eigenvalue weighted by atomic mass is 19.3. The van der Waals surface area contributed by atoms with Crippen molar-refractivity contribution in [3.8, 4) is 17.1 Å². The topological polar surface area (TPSA) is 67.5 Å². The highest BCUT2D eigenvalue weighted by Gasteiger charge is 2.37. The number of carbonyl (C=O) groups is 1. The van der Waals surface area contributed by atoms with Crippen LogP contribution in [-0.2, 0) is 40.2 Å². The first kappa shape index (κ1) is 25.2. The maximum absolute atomic E-state index is 14.4. The van der Waals surface area contributed by atoms with Gasteiger partial charge in [0, 0.05) is 61.3 Å². The molecule has 0 bridgehead atoms. The highest BCUT2D eigenvalue weighted by molar-refractivity contribution is 5.91. The Labute approximate surface area is 213 Å². The number of methoxy groups -OCH3 is 1. The molecule has 0 aliphatic heterocycles. The number of alkyl halides is 2. The Bertz CT molecular complexity index is 1460. The molecule has 2 aromatic carbocycles. The standard InChI is InChI=1S/C28H31F2N3O4/c1-4-32-23-8-6-18(14-20(23)21-16-28(29,30)11-10-24(21)32)27-31-22-15-19(37-17-26(34)36-5-2)7-9-25(22)33(27)12-13-35-3/h6-9,14-15H,4-5,10-13,16-17H2,1-3H3. The van der Waals surface area contributed by atoms with Crippen LogP contribution in [0.3, 0.4) is 0 Å². The van der Waals surface area contributed by atoms with Gasteiger partial charge < -0.3 is 23.3 Å². The molecule has 0 saturated heterocycles. The predicted molar refractivity (Wildman–Crippen MR) is 137 cm³/mol. The second-order valence-corrected chi connectivity index (χ2v) is 9.26. The molecule has 4 aromatic rings. The smallest absolute Gasteiger partial charge is 0.344 e. The number of carbonyl (C=O) groups excluding carboxylic acids is 1. The van der Waals surface area contributed by atoms with Gasteiger partial charge in [0.1, 0.15) is 11.6 Å². The molecule has 5 rings (SSSR count). The molecule has 0 unspecified atom stereocenters. The third kappa shape index (κ3) is 4.80. The summed E-state index contributed by atoms with van der Waals surface area (Å²) in [5.74, 6) is -1.90. The Morgan fingerprint density at radius 3 is 2.68 bits per heavy atom. The number of hydrogen-bond acceptors (Lipinski definition) is 5. The van der Waals surface area contributed by atoms with Gasteiger partial charge in [-0.05, 0) is 56.2 Å². The van der Waals surface area contributed by atoms with Gasteiger partial charge >= 0.3 is 5.97 Å². The lowest BCUT2D eigenvalue weighted by Crippen LogP contribution is -2.26. The molecule has 196 valence electrons. The molecule has 2 heterocycles. The van der Waals surface area contributed by atoms with Crippen molar-refractivity contribution in [2.75, 3.05) is 26.9 Å². The van der Waals surface area contributed by atoms with E-state index in [1.807, 2.05) is 31.2 Å². The lowest BCUT2D eigenvalue weighted by molar-refractivity contribution is -0.145. The molecule has 0 spiro atoms. The second kappa shape index (κ2) is 10.1. The maximum atomic E-state index is 14.4. The normalized spacial score (nSPS) is 14.7. The van der Waals surface area contributed by atoms with Crippen LogP contribution in [0.4, 0.5) is 8.78 Å². The molecule has 0 atom stereocenters. The van der Waals surface area contributed by atoms with Crippen molar-refractivity contribution in [1.82, 2.24) is 14.1 Å². The minimum Gasteiger partial charge on any atom is -0.482 e. The van der Waals surface area contributed by atoms with Crippen molar-refractivity contribution in [2.24, 2.45) is 0 Å². The molecule has 0 amide bonds. The average Bonchev–Trinajstić information content (AvgIpc) is 3.39. The van der Waals surface area contributed by atoms with Crippen LogP contribution in [0.5, 0.6) is 5.75 Å². The van der Waals surface area contributed by atoms with Crippen molar-refractivity contribution in [3.05, 3.63) is 47.7 Å². The van der Waals surface area contributed by atoms with Gasteiger partial charge in [0.05, 0.1) is 24.2 Å². The molecular weight excluding hydrogens is 480 g/mol. The zero-order chi connectivity index (χ0) is 26.2. The summed E-state index contributed by atoms with van der Waals surface area (Å²) in [6, 6.07) is 11.5. The van der Waals surface area contributed by atoms with E-state index in [2.05, 4.69) is 9.13 Å². The summed E-state index contributed by atoms with van der Waals surface area (Å²) in [6.07, 6.45) is 0.0220. The van der Waals surface area contributed by atoms with E-state index in [9.17, 15) is 13.6 Å². The van der Waals surface area contributed by atoms with Crippen molar-refractivity contribution in [3.63, 3.8) is 0 Å². The molecule has 9 heteroatoms. The number of halogens is 2. The number of aryl methyl sites for hydroxylation is 1. The lowest BCUT2D eigenvalue weighted by atomic mass is 9.92. The minimum atomic E-state index is -2.69. The molecule has 1 aliphatic rings. The number of rotatable bonds is 9. The van der Waals surface area contributed by atoms with Crippen LogP contribution in [0.15, 0.2) is 36.4 Å². The quantitative estimate of drug-likeness (QED) is 0.282. The molecule has 0 fully saturated rings. The Morgan fingerprint density at radius 1 is 1.11 bits per heavy atom. The van der Waals surface area contributed by atoms with E-state index in [1.165, 1.54) is 0 Å². The van der Waals surface area contributed by atoms with Gasteiger partial charge in [0.2, 0.25) is 0 Å². The van der Waals surface area contributed by atoms with Crippen LogP contribution in [0.1, 0.15) is 31.5 Å². The summed E-state index contributed by atoms with van der Waals surface area (Å²) in [5.41, 5.74) is 5.16. The van der Waals surface area contributed by atoms with Gasteiger partial charge in [-0.1, -0.05) is 0 Å². The SMILES string of the molecule is CCOC(=O)COc1ccc2c(c1)nc(-c1ccc3c(c1)c1c(n3CC)CCC(F)(F)C1)n2CCOC. The van der Waals surface area contributed by atoms with E-state index in [0.29, 0.717) is 37.4 Å². The molecular formula is C28H31F2N3O4. The number of imidazole rings is 1. The molecule has 0 saturated carbocycles. The van der Waals surface area contributed by atoms with Gasteiger partial charge in [0.25, 0.3) is 5.92 Å². The van der Waals surface area contributed by atoms with Crippen molar-refractivity contribution >= 4 is 27.9 Å². The first-order valence-corrected chi connectivity index (χ1v) is 12.6. The zero-order valence-electron chi connectivity index (χ0n) is 21.4. The first-order valence-electron chi connectivity index (χ1n) is 12.6. The number of aromatic nitrogens is 3. The third-order valence-electron chi connectivity index (χ3n) is 6.92. The van der Waals surface area contributed by atoms with Crippen LogP contribution in [0, 0.1) is 0 Å². The fourth-order valence-corrected chi connectivity index (χ4v) is 5.28. The van der Waals surface area contributed by atoms with E-state index in [4.69, 9.17) is 19.2 Å². The molecule has 1 aliphatic carbocycles. The number of benzene rings is 2. The summed E-state index contributed by atoms with van der Waals surface area (Å²) >= 11 is 0. The van der Waals surface area contributed by atoms with E-state index >= 15 is 0 Å². The van der Waals surface area contributed by atoms with E-state index in [1.54, 1.807) is 26.2 Å². The summed E-state index contributed by atoms with van der Waals surface area (Å²) < 4.78 is 48.9. The molecule has 37 heavy (non-hydrogen) atoms. The Balaban J connectivity index is 1.58. The summed E-state index contributed by atoms with van der Waals surface area (Å²) in [7, 11) is 1.64. The second-order valence-electron chi connectivity index (χ2n) is 9.26. The van der Waals surface area contributed by atoms with Gasteiger partial charge in [-0.15, -0.1) is 0 Å². The predicted octanol–water partition coefficient (Wildman–Crippen LogP) is 5.39. The van der Waals surface area contributed by atoms with Gasteiger partial charge in [-0.2, -0.15) is 0 Å². The zero-order valence-corrected chi connectivity index (χ0v) is 21.4. The largest absolute Gasteiger partial charge is 0.482 e. The monoisotopic (exact) mass is 511 g/mol. The third-order valence-corrected chi connectivity index (χ3v) is 6.92. The van der Waals surface area contributed by atoms with Crippen molar-refractivity contribution in [1.29, 1.82) is 0 Å². The number of nitrogens with zero attached hydrogens (tertiary/aromatic N) is 3. The van der Waals surface area contributed by atoms with E-state index in [0.717, 1.165) is 45.6 Å². The number of ether oxygens (including phenoxy) is 3. The fraction of sp³-hybridized carbons (Fsp3) is 0.429. The maximum Gasteiger partial charge on any atom is 0.344 e. The summed E-state index contributed by atoms with van der Waals surface area (Å²) in [5, 5.41) is 0.859. The van der Waals surface area contributed by atoms with Crippen LogP contribution >= 0.6 is 0 Å². The summed E-state index contributed by atoms with van der Waals surface area (Å²) in [6.45, 7) is 5.68. The number of hydrogen-bond donors (Lipinski definition) is 0. The lowest BCUT2D eigenvalue weighted by Gasteiger charge is -2.23. The highest BCUT2D eigenvalue weighted by Crippen LogP contribution is 2.40. The molecule has 7 nitrogen and oxygen atoms in total. The average molecular weight is 512 g/mol. The molecule has 2 aromatic heterocycles. The summed E-state index contributed by atoms with van der Waals surface area (Å²) in [4.78, 5) is 16.6. The fourth-order valence-electron chi connectivity index (χ4n) is 5.28. The van der Waals surface area contributed by atoms with Gasteiger partial charge in [-0.25, -0.2) is 18.6 Å². The van der Waals surface area contributed by atoms with E-state index < -0.39 is 11.9 Å². The van der Waals surface area contributed by atoms with Crippen molar-refractivity contribution in [2.45, 2.75) is 52.1 Å². The van der Waals surface area contributed by atoms with Crippen LogP contribution in [0.2, 0.25) is 0 Å². The van der Waals surface area contributed by atoms with Gasteiger partial charge in [0.15, 0.2) is 6.61 Å². The molecule has 0 N–H and O–H groups in total. The number of esters is 1. The first-order chi connectivity index (χ1) is 17.8. The van der Waals surface area contributed by atoms with Crippen LogP contribution < -0.4 is 4.74 Å². The number of fused-ring (bicyclic) bond motifs is 4. The Kier molecular flexibility index (Phi) is 6.90.